The molecule has 0 aromatic heterocycles. The van der Waals surface area contributed by atoms with Crippen LogP contribution in [0.1, 0.15) is 32.1 Å². The molecule has 1 N–H and O–H groups in total. The average molecular weight is 294 g/mol. The van der Waals surface area contributed by atoms with Gasteiger partial charge in [0.05, 0.1) is 6.04 Å². The summed E-state index contributed by atoms with van der Waals surface area (Å²) in [5.41, 5.74) is 0. The number of likely N-dealkylation sites (N-methyl/N-ethyl adjacent to an activating group) is 2. The summed E-state index contributed by atoms with van der Waals surface area (Å²) in [6.07, 6.45) is 6.11. The van der Waals surface area contributed by atoms with Gasteiger partial charge in [-0.1, -0.05) is 6.42 Å². The van der Waals surface area contributed by atoms with E-state index in [4.69, 9.17) is 0 Å². The molecule has 4 amide bonds. The van der Waals surface area contributed by atoms with Gasteiger partial charge in [-0.15, -0.1) is 0 Å². The van der Waals surface area contributed by atoms with E-state index in [1.807, 2.05) is 9.80 Å². The molecule has 7 heteroatoms. The highest BCUT2D eigenvalue weighted by atomic mass is 16.2. The summed E-state index contributed by atoms with van der Waals surface area (Å²) in [4.78, 5) is 33.6. The second kappa shape index (κ2) is 4.50. The highest BCUT2D eigenvalue weighted by Crippen LogP contribution is 2.33. The lowest BCUT2D eigenvalue weighted by molar-refractivity contribution is -0.951. The summed E-state index contributed by atoms with van der Waals surface area (Å²) in [5.74, 6) is 0. The summed E-state index contributed by atoms with van der Waals surface area (Å²) in [6, 6.07) is 0.709. The molecule has 1 saturated carbocycles. The van der Waals surface area contributed by atoms with E-state index in [0.29, 0.717) is 6.04 Å². The Kier molecular flexibility index (Phi) is 2.82. The van der Waals surface area contributed by atoms with Gasteiger partial charge in [0.25, 0.3) is 0 Å². The van der Waals surface area contributed by atoms with Crippen molar-refractivity contribution in [3.8, 4) is 0 Å². The van der Waals surface area contributed by atoms with Crippen LogP contribution in [-0.4, -0.2) is 77.5 Å². The van der Waals surface area contributed by atoms with Gasteiger partial charge in [0.15, 0.2) is 19.5 Å². The Morgan fingerprint density at radius 3 is 1.90 bits per heavy atom. The zero-order valence-corrected chi connectivity index (χ0v) is 12.8. The van der Waals surface area contributed by atoms with E-state index in [-0.39, 0.29) is 24.4 Å². The maximum Gasteiger partial charge on any atom is 0.327 e. The third kappa shape index (κ3) is 1.70. The van der Waals surface area contributed by atoms with Crippen LogP contribution < -0.4 is 4.90 Å². The van der Waals surface area contributed by atoms with Crippen molar-refractivity contribution in [1.82, 2.24) is 19.6 Å². The average Bonchev–Trinajstić information content (AvgIpc) is 2.92. The molecule has 4 rings (SSSR count). The molecule has 3 saturated heterocycles. The van der Waals surface area contributed by atoms with Gasteiger partial charge in [-0.25, -0.2) is 9.59 Å². The molecule has 0 unspecified atom stereocenters. The predicted molar refractivity (Wildman–Crippen MR) is 75.1 cm³/mol. The minimum absolute atomic E-state index is 0.0577. The van der Waals surface area contributed by atoms with Gasteiger partial charge in [0.2, 0.25) is 0 Å². The Morgan fingerprint density at radius 1 is 0.857 bits per heavy atom. The molecule has 116 valence electrons. The van der Waals surface area contributed by atoms with Gasteiger partial charge in [-0.2, -0.15) is 0 Å². The summed E-state index contributed by atoms with van der Waals surface area (Å²) >= 11 is 0. The van der Waals surface area contributed by atoms with Gasteiger partial charge in [0.1, 0.15) is 6.17 Å². The van der Waals surface area contributed by atoms with Gasteiger partial charge in [-0.05, 0) is 25.7 Å². The van der Waals surface area contributed by atoms with E-state index in [2.05, 4.69) is 0 Å². The first-order chi connectivity index (χ1) is 10.1. The van der Waals surface area contributed by atoms with Crippen molar-refractivity contribution < 1.29 is 14.5 Å². The number of carbonyl (C=O) groups is 2. The Morgan fingerprint density at radius 2 is 1.38 bits per heavy atom. The molecule has 0 bridgehead atoms. The third-order valence-electron chi connectivity index (χ3n) is 5.72. The summed E-state index contributed by atoms with van der Waals surface area (Å²) in [5, 5.41) is 0. The number of hydrogen-bond acceptors (Lipinski definition) is 2. The lowest BCUT2D eigenvalue weighted by Gasteiger charge is -2.42. The van der Waals surface area contributed by atoms with Crippen molar-refractivity contribution in [3.63, 3.8) is 0 Å². The van der Waals surface area contributed by atoms with Crippen LogP contribution in [0.15, 0.2) is 0 Å². The molecule has 7 nitrogen and oxygen atoms in total. The van der Waals surface area contributed by atoms with E-state index in [1.54, 1.807) is 23.9 Å². The van der Waals surface area contributed by atoms with E-state index < -0.39 is 0 Å². The highest BCUT2D eigenvalue weighted by Gasteiger charge is 2.61. The van der Waals surface area contributed by atoms with Crippen molar-refractivity contribution in [2.45, 2.75) is 50.5 Å². The number of amides is 4. The van der Waals surface area contributed by atoms with Crippen LogP contribution in [0.3, 0.4) is 0 Å². The standard InChI is InChI=1S/C14H23N5O2/c1-15-11-12-18(13(15)20)8-17(10-6-4-3-5-7-10)9-19(12)14(21)16(11)2/h10-12H,3-9H2,1-2H3/p+1. The summed E-state index contributed by atoms with van der Waals surface area (Å²) in [7, 11) is 3.61. The van der Waals surface area contributed by atoms with Gasteiger partial charge in [-0.3, -0.25) is 14.7 Å². The quantitative estimate of drug-likeness (QED) is 0.710. The molecule has 3 heterocycles. The number of urea groups is 2. The Labute approximate surface area is 125 Å². The zero-order valence-electron chi connectivity index (χ0n) is 12.8. The van der Waals surface area contributed by atoms with E-state index in [1.165, 1.54) is 37.0 Å². The number of hydrogen-bond donors (Lipinski definition) is 1. The molecule has 21 heavy (non-hydrogen) atoms. The minimum Gasteiger partial charge on any atom is -0.303 e. The molecule has 4 fully saturated rings. The minimum atomic E-state index is -0.127. The van der Waals surface area contributed by atoms with Crippen LogP contribution in [0, 0.1) is 0 Å². The SMILES string of the molecule is CN1C(=O)N2C[NH+](C3CCCCC3)CN3C(=O)N(C)C1C23. The zero-order chi connectivity index (χ0) is 14.7. The Hall–Kier alpha value is -1.50. The van der Waals surface area contributed by atoms with Crippen LogP contribution in [0.5, 0.6) is 0 Å². The van der Waals surface area contributed by atoms with Crippen LogP contribution in [0.4, 0.5) is 9.59 Å². The van der Waals surface area contributed by atoms with Crippen LogP contribution in [0.2, 0.25) is 0 Å². The fourth-order valence-corrected chi connectivity index (χ4v) is 4.59. The largest absolute Gasteiger partial charge is 0.327 e. The van der Waals surface area contributed by atoms with Crippen LogP contribution in [-0.2, 0) is 0 Å². The first kappa shape index (κ1) is 13.2. The van der Waals surface area contributed by atoms with Crippen molar-refractivity contribution >= 4 is 12.1 Å². The molecular formula is C14H24N5O2+. The smallest absolute Gasteiger partial charge is 0.303 e. The summed E-state index contributed by atoms with van der Waals surface area (Å²) in [6.45, 7) is 1.49. The van der Waals surface area contributed by atoms with E-state index >= 15 is 0 Å². The number of carbonyl (C=O) groups excluding carboxylic acids is 2. The number of nitrogens with one attached hydrogen (secondary N) is 1. The lowest BCUT2D eigenvalue weighted by Crippen LogP contribution is -3.20. The van der Waals surface area contributed by atoms with E-state index in [0.717, 1.165) is 13.3 Å². The highest BCUT2D eigenvalue weighted by molar-refractivity contribution is 5.84. The van der Waals surface area contributed by atoms with Crippen LogP contribution in [0.25, 0.3) is 0 Å². The monoisotopic (exact) mass is 294 g/mol. The van der Waals surface area contributed by atoms with Crippen molar-refractivity contribution in [2.75, 3.05) is 27.4 Å². The normalized spacial score (nSPS) is 36.8. The van der Waals surface area contributed by atoms with Crippen molar-refractivity contribution in [1.29, 1.82) is 0 Å². The second-order valence-corrected chi connectivity index (χ2v) is 6.86. The molecule has 0 aromatic rings. The Balaban J connectivity index is 1.62. The topological polar surface area (TPSA) is 51.5 Å². The maximum absolute atomic E-state index is 12.5. The fraction of sp³-hybridized carbons (Fsp3) is 0.857. The fourth-order valence-electron chi connectivity index (χ4n) is 4.59. The van der Waals surface area contributed by atoms with Gasteiger partial charge < -0.3 is 9.80 Å². The molecule has 0 aromatic carbocycles. The number of rotatable bonds is 1. The Bertz CT molecular complexity index is 446. The van der Waals surface area contributed by atoms with Gasteiger partial charge >= 0.3 is 12.1 Å². The molecule has 1 aliphatic carbocycles. The third-order valence-corrected chi connectivity index (χ3v) is 5.72. The number of nitrogens with zero attached hydrogens (tertiary/aromatic N) is 4. The van der Waals surface area contributed by atoms with Gasteiger partial charge in [0, 0.05) is 14.1 Å². The maximum atomic E-state index is 12.5. The molecule has 0 radical (unpaired) electrons. The predicted octanol–water partition coefficient (Wildman–Crippen LogP) is -0.480. The molecule has 0 spiro atoms. The lowest BCUT2D eigenvalue weighted by atomic mass is 9.94. The summed E-state index contributed by atoms with van der Waals surface area (Å²) < 4.78 is 0. The van der Waals surface area contributed by atoms with E-state index in [9.17, 15) is 9.59 Å². The van der Waals surface area contributed by atoms with Crippen LogP contribution >= 0.6 is 0 Å². The molecule has 0 atom stereocenters. The van der Waals surface area contributed by atoms with Crippen molar-refractivity contribution in [2.24, 2.45) is 0 Å². The molecular weight excluding hydrogens is 270 g/mol. The van der Waals surface area contributed by atoms with Crippen molar-refractivity contribution in [3.05, 3.63) is 0 Å². The molecule has 3 aliphatic heterocycles. The molecule has 4 aliphatic rings. The first-order valence-corrected chi connectivity index (χ1v) is 8.01. The first-order valence-electron chi connectivity index (χ1n) is 8.01. The number of quaternary nitrogens is 1. The second-order valence-electron chi connectivity index (χ2n) is 6.86.